The van der Waals surface area contributed by atoms with Crippen molar-refractivity contribution < 1.29 is 27.5 Å². The van der Waals surface area contributed by atoms with Crippen LogP contribution in [0.25, 0.3) is 0 Å². The molecule has 0 radical (unpaired) electrons. The summed E-state index contributed by atoms with van der Waals surface area (Å²) in [5.74, 6) is -1.74. The van der Waals surface area contributed by atoms with Gasteiger partial charge in [0.25, 0.3) is 5.91 Å². The second-order valence-corrected chi connectivity index (χ2v) is 4.55. The van der Waals surface area contributed by atoms with E-state index in [9.17, 15) is 22.4 Å². The summed E-state index contributed by atoms with van der Waals surface area (Å²) in [5.41, 5.74) is -0.210. The van der Waals surface area contributed by atoms with Gasteiger partial charge in [-0.25, -0.2) is 4.39 Å². The molecular weight excluding hydrogens is 334 g/mol. The summed E-state index contributed by atoms with van der Waals surface area (Å²) in [6.45, 7) is -2.58. The van der Waals surface area contributed by atoms with Crippen LogP contribution in [0, 0.1) is 5.82 Å². The van der Waals surface area contributed by atoms with Crippen LogP contribution in [0.5, 0.6) is 0 Å². The minimum Gasteiger partial charge on any atom is -0.395 e. The van der Waals surface area contributed by atoms with Crippen molar-refractivity contribution in [2.75, 3.05) is 19.7 Å². The summed E-state index contributed by atoms with van der Waals surface area (Å²) in [7, 11) is 0. The second kappa shape index (κ2) is 6.33. The van der Waals surface area contributed by atoms with Crippen molar-refractivity contribution in [2.45, 2.75) is 6.18 Å². The van der Waals surface area contributed by atoms with Crippen molar-refractivity contribution in [2.24, 2.45) is 0 Å². The van der Waals surface area contributed by atoms with Crippen molar-refractivity contribution in [1.29, 1.82) is 0 Å². The number of aliphatic hydroxyl groups excluding tert-OH is 1. The SMILES string of the molecule is O=C(c1ccc(Br)c(F)c1)N(CCO)CC(F)(F)F. The Morgan fingerprint density at radius 2 is 2.00 bits per heavy atom. The topological polar surface area (TPSA) is 40.5 Å². The summed E-state index contributed by atoms with van der Waals surface area (Å²) in [6.07, 6.45) is -4.58. The highest BCUT2D eigenvalue weighted by atomic mass is 79.9. The van der Waals surface area contributed by atoms with E-state index in [-0.39, 0.29) is 10.0 Å². The molecule has 0 bridgehead atoms. The van der Waals surface area contributed by atoms with Crippen LogP contribution in [-0.2, 0) is 0 Å². The molecule has 0 aromatic heterocycles. The van der Waals surface area contributed by atoms with Crippen molar-refractivity contribution in [3.63, 3.8) is 0 Å². The summed E-state index contributed by atoms with van der Waals surface area (Å²) in [4.78, 5) is 12.2. The number of hydrogen-bond donors (Lipinski definition) is 1. The Balaban J connectivity index is 2.95. The first-order valence-corrected chi connectivity index (χ1v) is 5.96. The van der Waals surface area contributed by atoms with Gasteiger partial charge in [0.1, 0.15) is 12.4 Å². The fourth-order valence-electron chi connectivity index (χ4n) is 1.40. The van der Waals surface area contributed by atoms with Crippen LogP contribution in [-0.4, -0.2) is 41.8 Å². The molecule has 8 heteroatoms. The predicted molar refractivity (Wildman–Crippen MR) is 63.1 cm³/mol. The van der Waals surface area contributed by atoms with E-state index in [4.69, 9.17) is 5.11 Å². The van der Waals surface area contributed by atoms with Crippen LogP contribution in [0.1, 0.15) is 10.4 Å². The normalized spacial score (nSPS) is 11.5. The molecule has 0 aliphatic carbocycles. The van der Waals surface area contributed by atoms with Crippen LogP contribution in [0.4, 0.5) is 17.6 Å². The zero-order chi connectivity index (χ0) is 14.6. The van der Waals surface area contributed by atoms with E-state index < -0.39 is 37.6 Å². The minimum absolute atomic E-state index is 0.105. The second-order valence-electron chi connectivity index (χ2n) is 3.69. The Kier molecular flexibility index (Phi) is 5.30. The number of halogens is 5. The van der Waals surface area contributed by atoms with Crippen molar-refractivity contribution in [3.8, 4) is 0 Å². The summed E-state index contributed by atoms with van der Waals surface area (Å²) >= 11 is 2.88. The maximum absolute atomic E-state index is 13.2. The number of alkyl halides is 3. The third kappa shape index (κ3) is 4.79. The molecule has 1 aromatic rings. The van der Waals surface area contributed by atoms with E-state index in [2.05, 4.69) is 15.9 Å². The molecule has 0 unspecified atom stereocenters. The molecule has 1 rings (SSSR count). The van der Waals surface area contributed by atoms with Gasteiger partial charge in [-0.1, -0.05) is 0 Å². The first-order valence-electron chi connectivity index (χ1n) is 5.16. The molecule has 1 amide bonds. The van der Waals surface area contributed by atoms with Gasteiger partial charge < -0.3 is 10.0 Å². The number of hydrogen-bond acceptors (Lipinski definition) is 2. The minimum atomic E-state index is -4.58. The Bertz CT molecular complexity index is 464. The largest absolute Gasteiger partial charge is 0.406 e. The molecular formula is C11H10BrF4NO2. The molecule has 0 atom stereocenters. The lowest BCUT2D eigenvalue weighted by molar-refractivity contribution is -0.141. The van der Waals surface area contributed by atoms with E-state index in [0.29, 0.717) is 4.90 Å². The highest BCUT2D eigenvalue weighted by Gasteiger charge is 2.33. The van der Waals surface area contributed by atoms with E-state index in [0.717, 1.165) is 6.07 Å². The Morgan fingerprint density at radius 1 is 1.37 bits per heavy atom. The molecule has 0 saturated heterocycles. The Labute approximate surface area is 115 Å². The highest BCUT2D eigenvalue weighted by molar-refractivity contribution is 9.10. The van der Waals surface area contributed by atoms with Crippen LogP contribution in [0.3, 0.4) is 0 Å². The quantitative estimate of drug-likeness (QED) is 0.853. The highest BCUT2D eigenvalue weighted by Crippen LogP contribution is 2.20. The molecule has 1 aromatic carbocycles. The summed E-state index contributed by atoms with van der Waals surface area (Å²) in [6, 6.07) is 3.27. The third-order valence-corrected chi connectivity index (χ3v) is 2.84. The lowest BCUT2D eigenvalue weighted by Crippen LogP contribution is -2.40. The molecule has 0 spiro atoms. The number of nitrogens with zero attached hydrogens (tertiary/aromatic N) is 1. The molecule has 0 heterocycles. The number of carbonyl (C=O) groups excluding carboxylic acids is 1. The van der Waals surface area contributed by atoms with Crippen LogP contribution in [0.15, 0.2) is 22.7 Å². The van der Waals surface area contributed by atoms with Crippen LogP contribution < -0.4 is 0 Å². The number of carbonyl (C=O) groups is 1. The Hall–Kier alpha value is -1.15. The van der Waals surface area contributed by atoms with Gasteiger partial charge >= 0.3 is 6.18 Å². The lowest BCUT2D eigenvalue weighted by atomic mass is 10.2. The van der Waals surface area contributed by atoms with E-state index >= 15 is 0 Å². The monoisotopic (exact) mass is 343 g/mol. The van der Waals surface area contributed by atoms with Gasteiger partial charge in [0.05, 0.1) is 11.1 Å². The number of aliphatic hydroxyl groups is 1. The predicted octanol–water partition coefficient (Wildman–Crippen LogP) is 2.59. The molecule has 0 aliphatic rings. The molecule has 0 fully saturated rings. The van der Waals surface area contributed by atoms with Crippen LogP contribution in [0.2, 0.25) is 0 Å². The van der Waals surface area contributed by atoms with Crippen molar-refractivity contribution in [3.05, 3.63) is 34.1 Å². The van der Waals surface area contributed by atoms with Gasteiger partial charge in [-0.2, -0.15) is 13.2 Å². The third-order valence-electron chi connectivity index (χ3n) is 2.19. The van der Waals surface area contributed by atoms with Crippen molar-refractivity contribution in [1.82, 2.24) is 4.90 Å². The van der Waals surface area contributed by atoms with Gasteiger partial charge in [-0.05, 0) is 34.1 Å². The summed E-state index contributed by atoms with van der Waals surface area (Å²) in [5, 5.41) is 8.69. The first-order chi connectivity index (χ1) is 8.74. The smallest absolute Gasteiger partial charge is 0.395 e. The zero-order valence-electron chi connectivity index (χ0n) is 9.55. The zero-order valence-corrected chi connectivity index (χ0v) is 11.1. The standard InChI is InChI=1S/C11H10BrF4NO2/c12-8-2-1-7(5-9(8)13)10(19)17(3-4-18)6-11(14,15)16/h1-2,5,18H,3-4,6H2. The van der Waals surface area contributed by atoms with Gasteiger partial charge in [0.15, 0.2) is 0 Å². The van der Waals surface area contributed by atoms with E-state index in [1.54, 1.807) is 0 Å². The fraction of sp³-hybridized carbons (Fsp3) is 0.364. The first kappa shape index (κ1) is 15.9. The number of rotatable bonds is 4. The van der Waals surface area contributed by atoms with Gasteiger partial charge in [-0.3, -0.25) is 4.79 Å². The van der Waals surface area contributed by atoms with E-state index in [1.165, 1.54) is 12.1 Å². The van der Waals surface area contributed by atoms with Crippen molar-refractivity contribution >= 4 is 21.8 Å². The maximum atomic E-state index is 13.2. The van der Waals surface area contributed by atoms with E-state index in [1.807, 2.05) is 0 Å². The molecule has 0 saturated carbocycles. The number of amides is 1. The molecule has 1 N–H and O–H groups in total. The Morgan fingerprint density at radius 3 is 2.47 bits per heavy atom. The molecule has 3 nitrogen and oxygen atoms in total. The lowest BCUT2D eigenvalue weighted by Gasteiger charge is -2.23. The fourth-order valence-corrected chi connectivity index (χ4v) is 1.65. The maximum Gasteiger partial charge on any atom is 0.406 e. The van der Waals surface area contributed by atoms with Gasteiger partial charge in [-0.15, -0.1) is 0 Å². The summed E-state index contributed by atoms with van der Waals surface area (Å²) < 4.78 is 50.2. The molecule has 0 aliphatic heterocycles. The van der Waals surface area contributed by atoms with Gasteiger partial charge in [0, 0.05) is 12.1 Å². The average Bonchev–Trinajstić information content (AvgIpc) is 2.29. The molecule has 106 valence electrons. The van der Waals surface area contributed by atoms with Crippen LogP contribution >= 0.6 is 15.9 Å². The molecule has 19 heavy (non-hydrogen) atoms. The number of benzene rings is 1. The van der Waals surface area contributed by atoms with Gasteiger partial charge in [0.2, 0.25) is 0 Å². The average molecular weight is 344 g/mol.